The first-order valence-electron chi connectivity index (χ1n) is 14.8. The van der Waals surface area contributed by atoms with Gasteiger partial charge in [-0.05, 0) is 67.5 Å². The van der Waals surface area contributed by atoms with Crippen LogP contribution in [-0.2, 0) is 12.8 Å². The molecule has 2 amide bonds. The zero-order valence-electron chi connectivity index (χ0n) is 23.7. The summed E-state index contributed by atoms with van der Waals surface area (Å²) in [5.41, 5.74) is 3.68. The van der Waals surface area contributed by atoms with E-state index in [9.17, 15) is 9.59 Å². The lowest BCUT2D eigenvalue weighted by Gasteiger charge is -2.34. The fourth-order valence-electron chi connectivity index (χ4n) is 5.84. The van der Waals surface area contributed by atoms with Crippen LogP contribution in [-0.4, -0.2) is 33.1 Å². The van der Waals surface area contributed by atoms with Crippen LogP contribution in [0.2, 0.25) is 0 Å². The van der Waals surface area contributed by atoms with Crippen molar-refractivity contribution >= 4 is 16.9 Å². The highest BCUT2D eigenvalue weighted by molar-refractivity contribution is 5.78. The first-order chi connectivity index (χ1) is 19.6. The smallest absolute Gasteiger partial charge is 0.318 e. The lowest BCUT2D eigenvalue weighted by molar-refractivity contribution is 0.162. The number of carbonyl (C=O) groups is 1. The van der Waals surface area contributed by atoms with E-state index in [0.29, 0.717) is 29.7 Å². The van der Waals surface area contributed by atoms with Gasteiger partial charge in [-0.2, -0.15) is 0 Å². The normalized spacial score (nSPS) is 14.7. The largest absolute Gasteiger partial charge is 0.335 e. The van der Waals surface area contributed by atoms with Gasteiger partial charge < -0.3 is 10.2 Å². The third kappa shape index (κ3) is 6.11. The minimum Gasteiger partial charge on any atom is -0.335 e. The second-order valence-electron chi connectivity index (χ2n) is 10.8. The SMILES string of the molecule is CCc1ccc(-n2c(C(CC)N(CCc3ccccc3)C(=O)NC3CCCCC3)nc3ccccc3c2=O)cc1. The van der Waals surface area contributed by atoms with E-state index in [1.54, 1.807) is 4.57 Å². The molecule has 6 nitrogen and oxygen atoms in total. The van der Waals surface area contributed by atoms with E-state index < -0.39 is 0 Å². The lowest BCUT2D eigenvalue weighted by atomic mass is 9.95. The highest BCUT2D eigenvalue weighted by atomic mass is 16.2. The van der Waals surface area contributed by atoms with Crippen LogP contribution in [0.15, 0.2) is 83.7 Å². The molecule has 1 aliphatic carbocycles. The van der Waals surface area contributed by atoms with Crippen molar-refractivity contribution in [2.24, 2.45) is 0 Å². The van der Waals surface area contributed by atoms with E-state index >= 15 is 0 Å². The molecule has 1 fully saturated rings. The van der Waals surface area contributed by atoms with Gasteiger partial charge in [-0.15, -0.1) is 0 Å². The number of benzene rings is 3. The fraction of sp³-hybridized carbons (Fsp3) is 0.382. The Morgan fingerprint density at radius 3 is 2.33 bits per heavy atom. The number of nitrogens with one attached hydrogen (secondary N) is 1. The summed E-state index contributed by atoms with van der Waals surface area (Å²) in [7, 11) is 0. The molecule has 5 rings (SSSR count). The van der Waals surface area contributed by atoms with Gasteiger partial charge in [-0.1, -0.05) is 87.7 Å². The topological polar surface area (TPSA) is 67.2 Å². The Bertz CT molecular complexity index is 1470. The van der Waals surface area contributed by atoms with Gasteiger partial charge in [0.1, 0.15) is 5.82 Å². The van der Waals surface area contributed by atoms with Crippen molar-refractivity contribution in [3.63, 3.8) is 0 Å². The monoisotopic (exact) mass is 536 g/mol. The molecule has 1 atom stereocenters. The molecule has 0 spiro atoms. The molecule has 0 saturated heterocycles. The Hall–Kier alpha value is -3.93. The highest BCUT2D eigenvalue weighted by Gasteiger charge is 2.30. The Kier molecular flexibility index (Phi) is 8.94. The summed E-state index contributed by atoms with van der Waals surface area (Å²) in [4.78, 5) is 35.0. The molecule has 0 aliphatic heterocycles. The molecule has 4 aromatic rings. The lowest BCUT2D eigenvalue weighted by Crippen LogP contribution is -2.48. The molecular weight excluding hydrogens is 496 g/mol. The first kappa shape index (κ1) is 27.6. The van der Waals surface area contributed by atoms with Crippen molar-refractivity contribution in [3.8, 4) is 5.69 Å². The van der Waals surface area contributed by atoms with E-state index in [-0.39, 0.29) is 23.7 Å². The summed E-state index contributed by atoms with van der Waals surface area (Å²) >= 11 is 0. The van der Waals surface area contributed by atoms with Crippen LogP contribution in [0.5, 0.6) is 0 Å². The van der Waals surface area contributed by atoms with Crippen LogP contribution in [0.4, 0.5) is 4.79 Å². The van der Waals surface area contributed by atoms with Gasteiger partial charge in [0.2, 0.25) is 0 Å². The van der Waals surface area contributed by atoms with Gasteiger partial charge in [-0.3, -0.25) is 9.36 Å². The molecule has 1 heterocycles. The Morgan fingerprint density at radius 1 is 0.925 bits per heavy atom. The third-order valence-electron chi connectivity index (χ3n) is 8.14. The molecule has 3 aromatic carbocycles. The van der Waals surface area contributed by atoms with Crippen LogP contribution in [0.25, 0.3) is 16.6 Å². The summed E-state index contributed by atoms with van der Waals surface area (Å²) in [5.74, 6) is 0.599. The number of para-hydroxylation sites is 1. The second-order valence-corrected chi connectivity index (χ2v) is 10.8. The van der Waals surface area contributed by atoms with Gasteiger partial charge in [0.05, 0.1) is 22.6 Å². The molecule has 1 unspecified atom stereocenters. The Balaban J connectivity index is 1.60. The van der Waals surface area contributed by atoms with Gasteiger partial charge in [-0.25, -0.2) is 9.78 Å². The summed E-state index contributed by atoms with van der Waals surface area (Å²) in [6.07, 6.45) is 7.81. The number of hydrogen-bond acceptors (Lipinski definition) is 3. The van der Waals surface area contributed by atoms with Gasteiger partial charge in [0, 0.05) is 12.6 Å². The van der Waals surface area contributed by atoms with E-state index in [1.807, 2.05) is 59.5 Å². The summed E-state index contributed by atoms with van der Waals surface area (Å²) in [6, 6.07) is 25.6. The molecule has 6 heteroatoms. The third-order valence-corrected chi connectivity index (χ3v) is 8.14. The average Bonchev–Trinajstić information content (AvgIpc) is 3.00. The van der Waals surface area contributed by atoms with Crippen molar-refractivity contribution in [2.45, 2.75) is 77.3 Å². The molecule has 1 aliphatic rings. The van der Waals surface area contributed by atoms with E-state index in [2.05, 4.69) is 43.4 Å². The predicted octanol–water partition coefficient (Wildman–Crippen LogP) is 6.99. The first-order valence-corrected chi connectivity index (χ1v) is 14.8. The maximum Gasteiger partial charge on any atom is 0.318 e. The van der Waals surface area contributed by atoms with E-state index in [4.69, 9.17) is 4.98 Å². The van der Waals surface area contributed by atoms with Gasteiger partial charge in [0.15, 0.2) is 0 Å². The van der Waals surface area contributed by atoms with Crippen molar-refractivity contribution in [1.29, 1.82) is 0 Å². The molecule has 0 bridgehead atoms. The molecule has 1 saturated carbocycles. The number of urea groups is 1. The van der Waals surface area contributed by atoms with Crippen molar-refractivity contribution < 1.29 is 4.79 Å². The summed E-state index contributed by atoms with van der Waals surface area (Å²) in [6.45, 7) is 4.71. The summed E-state index contributed by atoms with van der Waals surface area (Å²) in [5, 5.41) is 3.91. The maximum atomic E-state index is 14.0. The molecular formula is C34H40N4O2. The van der Waals surface area contributed by atoms with Crippen LogP contribution < -0.4 is 10.9 Å². The van der Waals surface area contributed by atoms with Crippen LogP contribution in [0.3, 0.4) is 0 Å². The quantitative estimate of drug-likeness (QED) is 0.251. The fourth-order valence-corrected chi connectivity index (χ4v) is 5.84. The number of nitrogens with zero attached hydrogens (tertiary/aromatic N) is 3. The van der Waals surface area contributed by atoms with E-state index in [1.165, 1.54) is 17.5 Å². The standard InChI is InChI=1S/C34H40N4O2/c1-3-25-19-21-28(22-20-25)38-32(36-30-18-12-11-17-29(30)33(38)39)31(4-2)37(24-23-26-13-7-5-8-14-26)34(40)35-27-15-9-6-10-16-27/h5,7-8,11-14,17-22,27,31H,3-4,6,9-10,15-16,23-24H2,1-2H3,(H,35,40). The van der Waals surface area contributed by atoms with Crippen molar-refractivity contribution in [2.75, 3.05) is 6.54 Å². The van der Waals surface area contributed by atoms with Gasteiger partial charge >= 0.3 is 6.03 Å². The number of rotatable bonds is 9. The minimum atomic E-state index is -0.379. The number of hydrogen-bond donors (Lipinski definition) is 1. The maximum absolute atomic E-state index is 14.0. The molecule has 40 heavy (non-hydrogen) atoms. The zero-order valence-corrected chi connectivity index (χ0v) is 23.7. The summed E-state index contributed by atoms with van der Waals surface area (Å²) < 4.78 is 1.72. The Morgan fingerprint density at radius 2 is 1.62 bits per heavy atom. The van der Waals surface area contributed by atoms with Crippen LogP contribution >= 0.6 is 0 Å². The molecule has 208 valence electrons. The van der Waals surface area contributed by atoms with Crippen LogP contribution in [0, 0.1) is 0 Å². The molecule has 0 radical (unpaired) electrons. The second kappa shape index (κ2) is 12.9. The average molecular weight is 537 g/mol. The number of aryl methyl sites for hydroxylation is 1. The Labute approximate surface area is 237 Å². The number of aromatic nitrogens is 2. The zero-order chi connectivity index (χ0) is 27.9. The van der Waals surface area contributed by atoms with Gasteiger partial charge in [0.25, 0.3) is 5.56 Å². The highest BCUT2D eigenvalue weighted by Crippen LogP contribution is 2.27. The van der Waals surface area contributed by atoms with Crippen molar-refractivity contribution in [3.05, 3.63) is 106 Å². The molecule has 1 N–H and O–H groups in total. The number of fused-ring (bicyclic) bond motifs is 1. The molecule has 1 aromatic heterocycles. The number of carbonyl (C=O) groups excluding carboxylic acids is 1. The number of amides is 2. The predicted molar refractivity (Wildman–Crippen MR) is 162 cm³/mol. The van der Waals surface area contributed by atoms with E-state index in [0.717, 1.165) is 44.2 Å². The van der Waals surface area contributed by atoms with Crippen LogP contribution in [0.1, 0.15) is 75.4 Å². The minimum absolute atomic E-state index is 0.0787. The van der Waals surface area contributed by atoms with Crippen molar-refractivity contribution in [1.82, 2.24) is 19.8 Å².